The van der Waals surface area contributed by atoms with Crippen molar-refractivity contribution in [2.24, 2.45) is 5.73 Å². The highest BCUT2D eigenvalue weighted by Gasteiger charge is 2.25. The molecule has 2 atom stereocenters. The Hall–Kier alpha value is -4.93. The Morgan fingerprint density at radius 1 is 0.810 bits per heavy atom. The smallest absolute Gasteiger partial charge is 0.312 e. The summed E-state index contributed by atoms with van der Waals surface area (Å²) in [5, 5.41) is 20.8. The fourth-order valence-corrected chi connectivity index (χ4v) is 4.39. The lowest BCUT2D eigenvalue weighted by Gasteiger charge is -2.23. The van der Waals surface area contributed by atoms with Crippen molar-refractivity contribution in [2.75, 3.05) is 18.4 Å². The summed E-state index contributed by atoms with van der Waals surface area (Å²) in [5.74, 6) is -1.13. The SMILES string of the molecule is NC(=O)NCCCC[C@H](NC(=O)CCCNc1ccccn1)C(=O)NC(CC(=O)O)c1ccc(-c2ccccc2)cc1. The van der Waals surface area contributed by atoms with Gasteiger partial charge in [0.05, 0.1) is 12.5 Å². The Morgan fingerprint density at radius 2 is 1.52 bits per heavy atom. The van der Waals surface area contributed by atoms with Crippen LogP contribution in [0.5, 0.6) is 0 Å². The van der Waals surface area contributed by atoms with Gasteiger partial charge in [0.2, 0.25) is 11.8 Å². The van der Waals surface area contributed by atoms with Gasteiger partial charge in [-0.05, 0) is 54.5 Å². The van der Waals surface area contributed by atoms with Gasteiger partial charge in [-0.25, -0.2) is 9.78 Å². The van der Waals surface area contributed by atoms with Gasteiger partial charge >= 0.3 is 12.0 Å². The first-order chi connectivity index (χ1) is 20.3. The van der Waals surface area contributed by atoms with E-state index in [0.29, 0.717) is 50.2 Å². The summed E-state index contributed by atoms with van der Waals surface area (Å²) in [7, 11) is 0. The summed E-state index contributed by atoms with van der Waals surface area (Å²) in [6.07, 6.45) is 3.44. The summed E-state index contributed by atoms with van der Waals surface area (Å²) in [4.78, 5) is 52.9. The van der Waals surface area contributed by atoms with E-state index in [1.54, 1.807) is 18.3 Å². The number of nitrogens with two attached hydrogens (primary N) is 1. The van der Waals surface area contributed by atoms with Gasteiger partial charge in [0.25, 0.3) is 0 Å². The van der Waals surface area contributed by atoms with Crippen molar-refractivity contribution in [1.82, 2.24) is 20.9 Å². The third kappa shape index (κ3) is 11.3. The molecule has 222 valence electrons. The number of amides is 4. The monoisotopic (exact) mass is 574 g/mol. The summed E-state index contributed by atoms with van der Waals surface area (Å²) >= 11 is 0. The van der Waals surface area contributed by atoms with Crippen LogP contribution >= 0.6 is 0 Å². The van der Waals surface area contributed by atoms with E-state index in [9.17, 15) is 24.3 Å². The molecule has 1 heterocycles. The maximum absolute atomic E-state index is 13.4. The number of urea groups is 1. The third-order valence-corrected chi connectivity index (χ3v) is 6.54. The highest BCUT2D eigenvalue weighted by Crippen LogP contribution is 2.24. The van der Waals surface area contributed by atoms with Crippen LogP contribution in [0, 0.1) is 0 Å². The molecule has 0 saturated heterocycles. The number of benzene rings is 2. The lowest BCUT2D eigenvalue weighted by molar-refractivity contribution is -0.138. The maximum Gasteiger partial charge on any atom is 0.312 e. The van der Waals surface area contributed by atoms with Crippen molar-refractivity contribution < 1.29 is 24.3 Å². The average Bonchev–Trinajstić information content (AvgIpc) is 2.99. The van der Waals surface area contributed by atoms with Crippen LogP contribution in [0.1, 0.15) is 50.1 Å². The van der Waals surface area contributed by atoms with E-state index in [0.717, 1.165) is 11.1 Å². The fraction of sp³-hybridized carbons (Fsp3) is 0.323. The zero-order valence-electron chi connectivity index (χ0n) is 23.4. The zero-order valence-corrected chi connectivity index (χ0v) is 23.4. The van der Waals surface area contributed by atoms with Crippen LogP contribution in [0.25, 0.3) is 11.1 Å². The number of pyridine rings is 1. The molecule has 11 nitrogen and oxygen atoms in total. The second-order valence-electron chi connectivity index (χ2n) is 9.80. The molecule has 0 radical (unpaired) electrons. The topological polar surface area (TPSA) is 176 Å². The second-order valence-corrected chi connectivity index (χ2v) is 9.80. The van der Waals surface area contributed by atoms with Crippen molar-refractivity contribution in [1.29, 1.82) is 0 Å². The van der Waals surface area contributed by atoms with Gasteiger partial charge in [-0.3, -0.25) is 14.4 Å². The first-order valence-corrected chi connectivity index (χ1v) is 14.0. The number of carbonyl (C=O) groups is 4. The molecule has 1 unspecified atom stereocenters. The molecule has 0 aliphatic carbocycles. The largest absolute Gasteiger partial charge is 0.481 e. The van der Waals surface area contributed by atoms with Crippen LogP contribution in [0.2, 0.25) is 0 Å². The van der Waals surface area contributed by atoms with Gasteiger partial charge in [-0.15, -0.1) is 0 Å². The number of hydrogen-bond donors (Lipinski definition) is 6. The molecular formula is C31H38N6O5. The Kier molecular flexibility index (Phi) is 12.8. The average molecular weight is 575 g/mol. The number of rotatable bonds is 17. The molecule has 2 aromatic carbocycles. The molecule has 11 heteroatoms. The number of unbranched alkanes of at least 4 members (excludes halogenated alkanes) is 1. The minimum Gasteiger partial charge on any atom is -0.481 e. The number of aromatic nitrogens is 1. The van der Waals surface area contributed by atoms with Crippen LogP contribution in [0.4, 0.5) is 10.6 Å². The molecule has 3 aromatic rings. The molecule has 3 rings (SSSR count). The van der Waals surface area contributed by atoms with Crippen LogP contribution in [-0.2, 0) is 14.4 Å². The Labute approximate surface area is 245 Å². The summed E-state index contributed by atoms with van der Waals surface area (Å²) in [6.45, 7) is 0.867. The molecular weight excluding hydrogens is 536 g/mol. The molecule has 1 aromatic heterocycles. The van der Waals surface area contributed by atoms with Gasteiger partial charge < -0.3 is 32.1 Å². The van der Waals surface area contributed by atoms with Gasteiger partial charge in [0.1, 0.15) is 11.9 Å². The number of carboxylic acids is 1. The van der Waals surface area contributed by atoms with E-state index in [1.807, 2.05) is 60.7 Å². The third-order valence-electron chi connectivity index (χ3n) is 6.54. The van der Waals surface area contributed by atoms with Crippen LogP contribution < -0.4 is 27.0 Å². The fourth-order valence-electron chi connectivity index (χ4n) is 4.39. The lowest BCUT2D eigenvalue weighted by Crippen LogP contribution is -2.48. The van der Waals surface area contributed by atoms with Crippen LogP contribution in [0.15, 0.2) is 79.0 Å². The number of aliphatic carboxylic acids is 1. The van der Waals surface area contributed by atoms with E-state index in [4.69, 9.17) is 5.73 Å². The number of anilines is 1. The first kappa shape index (κ1) is 31.6. The van der Waals surface area contributed by atoms with Crippen molar-refractivity contribution in [3.8, 4) is 11.1 Å². The molecule has 0 saturated carbocycles. The number of nitrogens with zero attached hydrogens (tertiary/aromatic N) is 1. The predicted octanol–water partition coefficient (Wildman–Crippen LogP) is 3.60. The Morgan fingerprint density at radius 3 is 2.19 bits per heavy atom. The van der Waals surface area contributed by atoms with E-state index in [-0.39, 0.29) is 18.7 Å². The Balaban J connectivity index is 1.63. The quantitative estimate of drug-likeness (QED) is 0.133. The number of carbonyl (C=O) groups excluding carboxylic acids is 3. The Bertz CT molecular complexity index is 1290. The molecule has 4 amide bonds. The van der Waals surface area contributed by atoms with Gasteiger partial charge in [-0.1, -0.05) is 60.7 Å². The molecule has 0 aliphatic heterocycles. The van der Waals surface area contributed by atoms with Crippen molar-refractivity contribution in [3.05, 3.63) is 84.6 Å². The van der Waals surface area contributed by atoms with E-state index in [2.05, 4.69) is 26.3 Å². The van der Waals surface area contributed by atoms with E-state index >= 15 is 0 Å². The number of primary amides is 1. The minimum absolute atomic E-state index is 0.187. The molecule has 7 N–H and O–H groups in total. The maximum atomic E-state index is 13.4. The van der Waals surface area contributed by atoms with Gasteiger partial charge in [0, 0.05) is 25.7 Å². The normalized spacial score (nSPS) is 12.0. The molecule has 0 bridgehead atoms. The predicted molar refractivity (Wildman–Crippen MR) is 160 cm³/mol. The van der Waals surface area contributed by atoms with Crippen molar-refractivity contribution >= 4 is 29.6 Å². The molecule has 0 aliphatic rings. The summed E-state index contributed by atoms with van der Waals surface area (Å²) in [5.41, 5.74) is 7.73. The van der Waals surface area contributed by atoms with Crippen molar-refractivity contribution in [3.63, 3.8) is 0 Å². The first-order valence-electron chi connectivity index (χ1n) is 14.0. The van der Waals surface area contributed by atoms with Gasteiger partial charge in [0.15, 0.2) is 0 Å². The van der Waals surface area contributed by atoms with Gasteiger partial charge in [-0.2, -0.15) is 0 Å². The highest BCUT2D eigenvalue weighted by molar-refractivity contribution is 5.88. The highest BCUT2D eigenvalue weighted by atomic mass is 16.4. The van der Waals surface area contributed by atoms with Crippen LogP contribution in [-0.4, -0.2) is 53.0 Å². The molecule has 0 spiro atoms. The second kappa shape index (κ2) is 17.0. The zero-order chi connectivity index (χ0) is 30.2. The van der Waals surface area contributed by atoms with E-state index < -0.39 is 30.0 Å². The number of nitrogens with one attached hydrogen (secondary N) is 4. The van der Waals surface area contributed by atoms with Crippen molar-refractivity contribution in [2.45, 2.75) is 50.6 Å². The summed E-state index contributed by atoms with van der Waals surface area (Å²) < 4.78 is 0. The number of hydrogen-bond acceptors (Lipinski definition) is 6. The summed E-state index contributed by atoms with van der Waals surface area (Å²) in [6, 6.07) is 20.3. The molecule has 42 heavy (non-hydrogen) atoms. The van der Waals surface area contributed by atoms with E-state index in [1.165, 1.54) is 0 Å². The number of carboxylic acid groups (broad SMARTS) is 1. The standard InChI is InChI=1S/C31H38N6O5/c32-31(42)35-19-6-4-11-25(36-28(38)13-8-20-34-27-12-5-7-18-33-27)30(41)37-26(21-29(39)40)24-16-14-23(15-17-24)22-9-2-1-3-10-22/h1-3,5,7,9-10,12,14-18,25-26H,4,6,8,11,13,19-21H2,(H,33,34)(H,36,38)(H,37,41)(H,39,40)(H3,32,35,42)/t25-,26?/m0/s1. The van der Waals surface area contributed by atoms with Crippen LogP contribution in [0.3, 0.4) is 0 Å². The minimum atomic E-state index is -1.06. The molecule has 0 fully saturated rings. The lowest BCUT2D eigenvalue weighted by atomic mass is 9.98.